The van der Waals surface area contributed by atoms with Gasteiger partial charge in [0.25, 0.3) is 0 Å². The van der Waals surface area contributed by atoms with Crippen molar-refractivity contribution in [3.63, 3.8) is 0 Å². The molecule has 5 heteroatoms. The van der Waals surface area contributed by atoms with Crippen LogP contribution in [0, 0.1) is 0 Å². The van der Waals surface area contributed by atoms with Gasteiger partial charge in [-0.1, -0.05) is 0 Å². The standard InChI is InChI=1S/C15H21N5/c1-12(10-19-6-2-3-7-19)20-11-18-9-15(20)13-8-17-5-4-14(13)16/h4-5,8-9,11-12H,2-3,6-7,10H2,1H3,(H2,16,17). The van der Waals surface area contributed by atoms with Crippen LogP contribution >= 0.6 is 0 Å². The first-order valence-corrected chi connectivity index (χ1v) is 7.20. The number of anilines is 1. The summed E-state index contributed by atoms with van der Waals surface area (Å²) in [6.07, 6.45) is 9.92. The fourth-order valence-electron chi connectivity index (χ4n) is 2.91. The summed E-state index contributed by atoms with van der Waals surface area (Å²) in [4.78, 5) is 11.0. The van der Waals surface area contributed by atoms with Crippen molar-refractivity contribution < 1.29 is 0 Å². The minimum absolute atomic E-state index is 0.380. The largest absolute Gasteiger partial charge is 0.398 e. The van der Waals surface area contributed by atoms with Gasteiger partial charge in [-0.3, -0.25) is 4.98 Å². The summed E-state index contributed by atoms with van der Waals surface area (Å²) in [6.45, 7) is 5.71. The number of nitrogens with two attached hydrogens (primary N) is 1. The average molecular weight is 271 g/mol. The Kier molecular flexibility index (Phi) is 3.69. The highest BCUT2D eigenvalue weighted by molar-refractivity contribution is 5.72. The lowest BCUT2D eigenvalue weighted by atomic mass is 10.1. The minimum atomic E-state index is 0.380. The number of aromatic nitrogens is 3. The van der Waals surface area contributed by atoms with Gasteiger partial charge in [-0.15, -0.1) is 0 Å². The van der Waals surface area contributed by atoms with E-state index in [1.807, 2.05) is 24.8 Å². The van der Waals surface area contributed by atoms with Crippen LogP contribution in [0.3, 0.4) is 0 Å². The molecule has 106 valence electrons. The van der Waals surface area contributed by atoms with Gasteiger partial charge in [0, 0.05) is 36.2 Å². The van der Waals surface area contributed by atoms with Crippen LogP contribution in [0.25, 0.3) is 11.3 Å². The van der Waals surface area contributed by atoms with Crippen LogP contribution in [0.4, 0.5) is 5.69 Å². The number of nitrogen functional groups attached to an aromatic ring is 1. The molecule has 1 unspecified atom stereocenters. The molecule has 3 heterocycles. The van der Waals surface area contributed by atoms with E-state index in [-0.39, 0.29) is 0 Å². The quantitative estimate of drug-likeness (QED) is 0.926. The average Bonchev–Trinajstić information content (AvgIpc) is 3.09. The number of nitrogens with zero attached hydrogens (tertiary/aromatic N) is 4. The number of hydrogen-bond acceptors (Lipinski definition) is 4. The van der Waals surface area contributed by atoms with Gasteiger partial charge in [0.1, 0.15) is 0 Å². The van der Waals surface area contributed by atoms with Gasteiger partial charge in [-0.2, -0.15) is 0 Å². The molecule has 0 aromatic carbocycles. The molecule has 1 atom stereocenters. The lowest BCUT2D eigenvalue weighted by molar-refractivity contribution is 0.288. The Bertz CT molecular complexity index is 571. The second kappa shape index (κ2) is 5.63. The van der Waals surface area contributed by atoms with Gasteiger partial charge >= 0.3 is 0 Å². The third kappa shape index (κ3) is 2.54. The summed E-state index contributed by atoms with van der Waals surface area (Å²) in [6, 6.07) is 2.21. The van der Waals surface area contributed by atoms with Gasteiger partial charge in [0.2, 0.25) is 0 Å². The number of rotatable bonds is 4. The molecule has 0 spiro atoms. The molecule has 2 N–H and O–H groups in total. The predicted molar refractivity (Wildman–Crippen MR) is 80.3 cm³/mol. The molecule has 5 nitrogen and oxygen atoms in total. The first-order chi connectivity index (χ1) is 9.75. The van der Waals surface area contributed by atoms with Crippen LogP contribution in [0.5, 0.6) is 0 Å². The van der Waals surface area contributed by atoms with E-state index < -0.39 is 0 Å². The molecular weight excluding hydrogens is 250 g/mol. The molecular formula is C15H21N5. The summed E-state index contributed by atoms with van der Waals surface area (Å²) in [5.41, 5.74) is 8.80. The van der Waals surface area contributed by atoms with Crippen LogP contribution in [-0.4, -0.2) is 39.1 Å². The van der Waals surface area contributed by atoms with Crippen molar-refractivity contribution in [1.82, 2.24) is 19.4 Å². The first kappa shape index (κ1) is 13.1. The topological polar surface area (TPSA) is 60.0 Å². The number of likely N-dealkylation sites (tertiary alicyclic amines) is 1. The van der Waals surface area contributed by atoms with Crippen LogP contribution in [0.2, 0.25) is 0 Å². The lowest BCUT2D eigenvalue weighted by Gasteiger charge is -2.23. The van der Waals surface area contributed by atoms with Gasteiger partial charge in [0.15, 0.2) is 0 Å². The molecule has 0 amide bonds. The number of pyridine rings is 1. The molecule has 0 aliphatic carbocycles. The number of hydrogen-bond donors (Lipinski definition) is 1. The van der Waals surface area contributed by atoms with Crippen molar-refractivity contribution >= 4 is 5.69 Å². The molecule has 1 fully saturated rings. The van der Waals surface area contributed by atoms with E-state index >= 15 is 0 Å². The van der Waals surface area contributed by atoms with Crippen LogP contribution in [0.1, 0.15) is 25.8 Å². The summed E-state index contributed by atoms with van der Waals surface area (Å²) in [7, 11) is 0. The molecule has 0 radical (unpaired) electrons. The van der Waals surface area contributed by atoms with Crippen molar-refractivity contribution in [3.05, 3.63) is 31.0 Å². The Morgan fingerprint density at radius 1 is 1.25 bits per heavy atom. The summed E-state index contributed by atoms with van der Waals surface area (Å²) >= 11 is 0. The van der Waals surface area contributed by atoms with E-state index in [4.69, 9.17) is 5.73 Å². The Hall–Kier alpha value is -1.88. The van der Waals surface area contributed by atoms with Gasteiger partial charge < -0.3 is 15.2 Å². The van der Waals surface area contributed by atoms with Crippen LogP contribution in [-0.2, 0) is 0 Å². The minimum Gasteiger partial charge on any atom is -0.398 e. The lowest BCUT2D eigenvalue weighted by Crippen LogP contribution is -2.27. The first-order valence-electron chi connectivity index (χ1n) is 7.20. The highest BCUT2D eigenvalue weighted by Gasteiger charge is 2.18. The predicted octanol–water partition coefficient (Wildman–Crippen LogP) is 2.18. The van der Waals surface area contributed by atoms with Crippen molar-refractivity contribution in [3.8, 4) is 11.3 Å². The van der Waals surface area contributed by atoms with Crippen molar-refractivity contribution in [1.29, 1.82) is 0 Å². The Morgan fingerprint density at radius 3 is 2.80 bits per heavy atom. The van der Waals surface area contributed by atoms with Crippen molar-refractivity contribution in [2.24, 2.45) is 0 Å². The van der Waals surface area contributed by atoms with Crippen LogP contribution < -0.4 is 5.73 Å². The van der Waals surface area contributed by atoms with E-state index in [1.54, 1.807) is 6.20 Å². The van der Waals surface area contributed by atoms with Crippen molar-refractivity contribution in [2.45, 2.75) is 25.8 Å². The van der Waals surface area contributed by atoms with Gasteiger partial charge in [-0.25, -0.2) is 4.98 Å². The highest BCUT2D eigenvalue weighted by Crippen LogP contribution is 2.27. The van der Waals surface area contributed by atoms with Crippen molar-refractivity contribution in [2.75, 3.05) is 25.4 Å². The fourth-order valence-corrected chi connectivity index (χ4v) is 2.91. The summed E-state index contributed by atoms with van der Waals surface area (Å²) in [5.74, 6) is 0. The second-order valence-corrected chi connectivity index (χ2v) is 5.51. The molecule has 1 saturated heterocycles. The zero-order valence-electron chi connectivity index (χ0n) is 11.9. The maximum Gasteiger partial charge on any atom is 0.0953 e. The van der Waals surface area contributed by atoms with E-state index in [0.29, 0.717) is 6.04 Å². The maximum atomic E-state index is 6.05. The SMILES string of the molecule is CC(CN1CCCC1)n1cncc1-c1cnccc1N. The Morgan fingerprint density at radius 2 is 2.05 bits per heavy atom. The van der Waals surface area contributed by atoms with Gasteiger partial charge in [0.05, 0.1) is 18.2 Å². The molecule has 1 aliphatic rings. The maximum absolute atomic E-state index is 6.05. The van der Waals surface area contributed by atoms with E-state index in [0.717, 1.165) is 23.5 Å². The zero-order valence-corrected chi connectivity index (χ0v) is 11.9. The summed E-state index contributed by atoms with van der Waals surface area (Å²) < 4.78 is 2.20. The molecule has 2 aromatic heterocycles. The monoisotopic (exact) mass is 271 g/mol. The Balaban J connectivity index is 1.84. The fraction of sp³-hybridized carbons (Fsp3) is 0.467. The second-order valence-electron chi connectivity index (χ2n) is 5.51. The van der Waals surface area contributed by atoms with E-state index in [9.17, 15) is 0 Å². The molecule has 0 saturated carbocycles. The highest BCUT2D eigenvalue weighted by atomic mass is 15.2. The van der Waals surface area contributed by atoms with E-state index in [1.165, 1.54) is 25.9 Å². The zero-order chi connectivity index (χ0) is 13.9. The Labute approximate surface area is 119 Å². The molecule has 0 bridgehead atoms. The third-order valence-corrected chi connectivity index (χ3v) is 3.99. The van der Waals surface area contributed by atoms with E-state index in [2.05, 4.69) is 26.4 Å². The molecule has 2 aromatic rings. The molecule has 20 heavy (non-hydrogen) atoms. The normalized spacial score (nSPS) is 17.4. The molecule has 3 rings (SSSR count). The third-order valence-electron chi connectivity index (χ3n) is 3.99. The molecule has 1 aliphatic heterocycles. The van der Waals surface area contributed by atoms with Gasteiger partial charge in [-0.05, 0) is 38.9 Å². The smallest absolute Gasteiger partial charge is 0.0953 e. The summed E-state index contributed by atoms with van der Waals surface area (Å²) in [5, 5.41) is 0. The van der Waals surface area contributed by atoms with Crippen LogP contribution in [0.15, 0.2) is 31.0 Å². The number of imidazole rings is 1.